The predicted octanol–water partition coefficient (Wildman–Crippen LogP) is 3.98. The molecule has 20 heavy (non-hydrogen) atoms. The van der Waals surface area contributed by atoms with Crippen molar-refractivity contribution in [3.05, 3.63) is 22.4 Å². The van der Waals surface area contributed by atoms with Crippen molar-refractivity contribution in [1.82, 2.24) is 10.2 Å². The van der Waals surface area contributed by atoms with Crippen LogP contribution in [0.2, 0.25) is 0 Å². The lowest BCUT2D eigenvalue weighted by molar-refractivity contribution is 0.133. The van der Waals surface area contributed by atoms with Gasteiger partial charge in [-0.3, -0.25) is 4.90 Å². The molecule has 0 amide bonds. The van der Waals surface area contributed by atoms with Crippen LogP contribution >= 0.6 is 11.3 Å². The molecule has 1 atom stereocenters. The fraction of sp³-hybridized carbons (Fsp3) is 0.765. The van der Waals surface area contributed by atoms with Gasteiger partial charge in [-0.05, 0) is 53.6 Å². The molecular weight excluding hydrogens is 264 g/mol. The van der Waals surface area contributed by atoms with Crippen LogP contribution in [0, 0.1) is 11.8 Å². The fourth-order valence-corrected chi connectivity index (χ4v) is 3.43. The van der Waals surface area contributed by atoms with Crippen molar-refractivity contribution in [1.29, 1.82) is 0 Å². The molecule has 2 nitrogen and oxygen atoms in total. The van der Waals surface area contributed by atoms with E-state index in [4.69, 9.17) is 0 Å². The molecule has 1 aromatic rings. The van der Waals surface area contributed by atoms with Crippen LogP contribution in [0.4, 0.5) is 0 Å². The van der Waals surface area contributed by atoms with Gasteiger partial charge in [0.1, 0.15) is 0 Å². The van der Waals surface area contributed by atoms with Crippen LogP contribution in [0.1, 0.15) is 46.1 Å². The first-order valence-electron chi connectivity index (χ1n) is 8.05. The second kappa shape index (κ2) is 7.58. The van der Waals surface area contributed by atoms with Gasteiger partial charge in [0, 0.05) is 25.2 Å². The Morgan fingerprint density at radius 2 is 2.00 bits per heavy atom. The van der Waals surface area contributed by atoms with E-state index >= 15 is 0 Å². The average Bonchev–Trinajstić information content (AvgIpc) is 3.09. The number of hydrogen-bond acceptors (Lipinski definition) is 3. The predicted molar refractivity (Wildman–Crippen MR) is 89.2 cm³/mol. The second-order valence-electron chi connectivity index (χ2n) is 6.90. The summed E-state index contributed by atoms with van der Waals surface area (Å²) < 4.78 is 0. The number of rotatable bonds is 9. The Kier molecular flexibility index (Phi) is 6.06. The van der Waals surface area contributed by atoms with E-state index in [-0.39, 0.29) is 0 Å². The topological polar surface area (TPSA) is 15.3 Å². The number of thiophene rings is 1. The molecule has 0 saturated heterocycles. The summed E-state index contributed by atoms with van der Waals surface area (Å²) in [6.07, 6.45) is 2.77. The van der Waals surface area contributed by atoms with Gasteiger partial charge in [-0.2, -0.15) is 11.3 Å². The van der Waals surface area contributed by atoms with Crippen molar-refractivity contribution in [2.75, 3.05) is 13.1 Å². The van der Waals surface area contributed by atoms with Gasteiger partial charge in [0.15, 0.2) is 0 Å². The zero-order valence-corrected chi connectivity index (χ0v) is 14.2. The maximum Gasteiger partial charge on any atom is 0.0250 e. The third-order valence-corrected chi connectivity index (χ3v) is 4.79. The van der Waals surface area contributed by atoms with Crippen LogP contribution in [-0.2, 0) is 6.54 Å². The van der Waals surface area contributed by atoms with Crippen molar-refractivity contribution in [3.8, 4) is 0 Å². The van der Waals surface area contributed by atoms with E-state index in [0.29, 0.717) is 12.0 Å². The van der Waals surface area contributed by atoms with E-state index < -0.39 is 0 Å². The third kappa shape index (κ3) is 4.87. The first kappa shape index (κ1) is 16.0. The molecule has 3 heteroatoms. The molecule has 0 spiro atoms. The summed E-state index contributed by atoms with van der Waals surface area (Å²) in [6, 6.07) is 3.75. The second-order valence-corrected chi connectivity index (χ2v) is 7.68. The number of hydrogen-bond donors (Lipinski definition) is 1. The maximum atomic E-state index is 3.67. The maximum absolute atomic E-state index is 3.67. The van der Waals surface area contributed by atoms with Gasteiger partial charge in [-0.1, -0.05) is 27.7 Å². The minimum Gasteiger partial charge on any atom is -0.315 e. The third-order valence-electron chi connectivity index (χ3n) is 4.06. The lowest BCUT2D eigenvalue weighted by atomic mass is 10.0. The van der Waals surface area contributed by atoms with Gasteiger partial charge in [0.05, 0.1) is 0 Å². The fourth-order valence-electron chi connectivity index (χ4n) is 2.77. The van der Waals surface area contributed by atoms with Gasteiger partial charge >= 0.3 is 0 Å². The van der Waals surface area contributed by atoms with Crippen LogP contribution in [0.25, 0.3) is 0 Å². The molecule has 114 valence electrons. The van der Waals surface area contributed by atoms with E-state index in [1.54, 1.807) is 0 Å². The SMILES string of the molecule is CC(C)CNCC(C(C)C)N(Cc1ccsc1)C1CC1. The molecule has 1 unspecified atom stereocenters. The summed E-state index contributed by atoms with van der Waals surface area (Å²) >= 11 is 1.81. The molecule has 1 aromatic heterocycles. The van der Waals surface area contributed by atoms with Crippen molar-refractivity contribution in [2.45, 2.75) is 59.2 Å². The number of nitrogens with one attached hydrogen (secondary N) is 1. The van der Waals surface area contributed by atoms with Gasteiger partial charge in [0.25, 0.3) is 0 Å². The van der Waals surface area contributed by atoms with Gasteiger partial charge in [-0.25, -0.2) is 0 Å². The van der Waals surface area contributed by atoms with Crippen LogP contribution < -0.4 is 5.32 Å². The summed E-state index contributed by atoms with van der Waals surface area (Å²) in [5.74, 6) is 1.43. The zero-order chi connectivity index (χ0) is 14.5. The van der Waals surface area contributed by atoms with Gasteiger partial charge in [0.2, 0.25) is 0 Å². The molecule has 2 rings (SSSR count). The quantitative estimate of drug-likeness (QED) is 0.741. The molecule has 0 aliphatic heterocycles. The first-order valence-corrected chi connectivity index (χ1v) is 8.99. The summed E-state index contributed by atoms with van der Waals surface area (Å²) in [6.45, 7) is 12.7. The summed E-state index contributed by atoms with van der Waals surface area (Å²) in [5, 5.41) is 8.17. The summed E-state index contributed by atoms with van der Waals surface area (Å²) in [5.41, 5.74) is 1.48. The summed E-state index contributed by atoms with van der Waals surface area (Å²) in [4.78, 5) is 2.75. The largest absolute Gasteiger partial charge is 0.315 e. The normalized spacial score (nSPS) is 17.4. The zero-order valence-electron chi connectivity index (χ0n) is 13.4. The highest BCUT2D eigenvalue weighted by atomic mass is 32.1. The molecule has 1 heterocycles. The molecule has 0 radical (unpaired) electrons. The van der Waals surface area contributed by atoms with E-state index in [2.05, 4.69) is 54.7 Å². The lowest BCUT2D eigenvalue weighted by Crippen LogP contribution is -2.46. The van der Waals surface area contributed by atoms with Gasteiger partial charge < -0.3 is 5.32 Å². The van der Waals surface area contributed by atoms with E-state index in [0.717, 1.165) is 31.6 Å². The average molecular weight is 295 g/mol. The Morgan fingerprint density at radius 1 is 1.25 bits per heavy atom. The van der Waals surface area contributed by atoms with Crippen LogP contribution in [0.15, 0.2) is 16.8 Å². The van der Waals surface area contributed by atoms with Crippen molar-refractivity contribution in [2.24, 2.45) is 11.8 Å². The van der Waals surface area contributed by atoms with Crippen molar-refractivity contribution >= 4 is 11.3 Å². The van der Waals surface area contributed by atoms with Crippen LogP contribution in [0.3, 0.4) is 0 Å². The molecule has 1 aliphatic carbocycles. The highest BCUT2D eigenvalue weighted by Crippen LogP contribution is 2.32. The number of nitrogens with zero attached hydrogens (tertiary/aromatic N) is 1. The molecule has 1 fully saturated rings. The minimum absolute atomic E-state index is 0.654. The Hall–Kier alpha value is -0.380. The standard InChI is InChI=1S/C17H30N2S/c1-13(2)9-18-10-17(14(3)4)19(16-5-6-16)11-15-7-8-20-12-15/h7-8,12-14,16-18H,5-6,9-11H2,1-4H3. The Balaban J connectivity index is 1.95. The van der Waals surface area contributed by atoms with Crippen LogP contribution in [0.5, 0.6) is 0 Å². The lowest BCUT2D eigenvalue weighted by Gasteiger charge is -2.35. The van der Waals surface area contributed by atoms with Crippen LogP contribution in [-0.4, -0.2) is 30.1 Å². The molecule has 0 aromatic carbocycles. The van der Waals surface area contributed by atoms with Crippen molar-refractivity contribution in [3.63, 3.8) is 0 Å². The molecule has 0 bridgehead atoms. The Morgan fingerprint density at radius 3 is 2.50 bits per heavy atom. The molecule has 1 aliphatic rings. The Bertz CT molecular complexity index is 368. The highest BCUT2D eigenvalue weighted by molar-refractivity contribution is 7.07. The monoisotopic (exact) mass is 294 g/mol. The van der Waals surface area contributed by atoms with E-state index in [9.17, 15) is 0 Å². The first-order chi connectivity index (χ1) is 9.58. The van der Waals surface area contributed by atoms with E-state index in [1.807, 2.05) is 11.3 Å². The Labute approximate surface area is 128 Å². The smallest absolute Gasteiger partial charge is 0.0250 e. The highest BCUT2D eigenvalue weighted by Gasteiger charge is 2.35. The van der Waals surface area contributed by atoms with E-state index in [1.165, 1.54) is 18.4 Å². The van der Waals surface area contributed by atoms with Gasteiger partial charge in [-0.15, -0.1) is 0 Å². The van der Waals surface area contributed by atoms with Crippen molar-refractivity contribution < 1.29 is 0 Å². The molecule has 1 saturated carbocycles. The summed E-state index contributed by atoms with van der Waals surface area (Å²) in [7, 11) is 0. The molecular formula is C17H30N2S. The molecule has 1 N–H and O–H groups in total. The minimum atomic E-state index is 0.654.